The zero-order valence-electron chi connectivity index (χ0n) is 21.6. The van der Waals surface area contributed by atoms with Crippen LogP contribution in [0.2, 0.25) is 0 Å². The number of aromatic amines is 1. The molecule has 1 unspecified atom stereocenters. The standard InChI is InChI=1S/C27H34N6O3/c1-18(2)25(26-29-30-31-33(26)12-13-35-4)32(16-20-7-10-23(36-5)11-8-20)17-22-15-21-9-6-19(3)14-24(21)28-27(22)34/h6-11,14-15,18,25H,12-13,16-17H2,1-5H3,(H,28,34). The topological polar surface area (TPSA) is 98.2 Å². The number of nitrogens with zero attached hydrogens (tertiary/aromatic N) is 5. The Morgan fingerprint density at radius 2 is 1.83 bits per heavy atom. The Balaban J connectivity index is 1.75. The second-order valence-corrected chi connectivity index (χ2v) is 9.41. The molecule has 2 aromatic carbocycles. The van der Waals surface area contributed by atoms with Gasteiger partial charge in [0.1, 0.15) is 5.75 Å². The summed E-state index contributed by atoms with van der Waals surface area (Å²) in [7, 11) is 3.32. The Kier molecular flexibility index (Phi) is 8.12. The maximum atomic E-state index is 13.1. The summed E-state index contributed by atoms with van der Waals surface area (Å²) in [6, 6.07) is 15.9. The van der Waals surface area contributed by atoms with Crippen LogP contribution in [0.5, 0.6) is 5.75 Å². The number of H-pyrrole nitrogens is 1. The van der Waals surface area contributed by atoms with Crippen molar-refractivity contribution in [1.29, 1.82) is 0 Å². The smallest absolute Gasteiger partial charge is 0.252 e. The zero-order valence-corrected chi connectivity index (χ0v) is 21.6. The van der Waals surface area contributed by atoms with Crippen LogP contribution in [-0.2, 0) is 24.4 Å². The monoisotopic (exact) mass is 490 g/mol. The third kappa shape index (κ3) is 5.80. The lowest BCUT2D eigenvalue weighted by atomic mass is 9.99. The summed E-state index contributed by atoms with van der Waals surface area (Å²) in [4.78, 5) is 18.5. The second-order valence-electron chi connectivity index (χ2n) is 9.41. The van der Waals surface area contributed by atoms with Gasteiger partial charge in [0, 0.05) is 31.3 Å². The number of aryl methyl sites for hydroxylation is 1. The van der Waals surface area contributed by atoms with Gasteiger partial charge >= 0.3 is 0 Å². The van der Waals surface area contributed by atoms with Crippen molar-refractivity contribution in [3.63, 3.8) is 0 Å². The molecule has 0 saturated heterocycles. The molecule has 2 heterocycles. The van der Waals surface area contributed by atoms with Crippen molar-refractivity contribution in [2.45, 2.75) is 46.4 Å². The molecule has 9 nitrogen and oxygen atoms in total. The van der Waals surface area contributed by atoms with E-state index in [-0.39, 0.29) is 17.5 Å². The first-order valence-electron chi connectivity index (χ1n) is 12.1. The lowest BCUT2D eigenvalue weighted by Crippen LogP contribution is -2.35. The largest absolute Gasteiger partial charge is 0.497 e. The minimum atomic E-state index is -0.132. The SMILES string of the molecule is COCCn1nnnc1C(C(C)C)N(Cc1ccc(OC)cc1)Cc1cc2ccc(C)cc2[nH]c1=O. The van der Waals surface area contributed by atoms with Crippen molar-refractivity contribution >= 4 is 10.9 Å². The minimum Gasteiger partial charge on any atom is -0.497 e. The van der Waals surface area contributed by atoms with Crippen LogP contribution >= 0.6 is 0 Å². The Morgan fingerprint density at radius 1 is 1.06 bits per heavy atom. The van der Waals surface area contributed by atoms with Crippen molar-refractivity contribution in [2.24, 2.45) is 5.92 Å². The van der Waals surface area contributed by atoms with Gasteiger partial charge in [0.15, 0.2) is 5.82 Å². The van der Waals surface area contributed by atoms with Crippen molar-refractivity contribution in [3.05, 3.63) is 81.4 Å². The normalized spacial score (nSPS) is 12.5. The Hall–Kier alpha value is -3.56. The summed E-state index contributed by atoms with van der Waals surface area (Å²) in [6.07, 6.45) is 0. The highest BCUT2D eigenvalue weighted by atomic mass is 16.5. The zero-order chi connectivity index (χ0) is 25.7. The number of methoxy groups -OCH3 is 2. The summed E-state index contributed by atoms with van der Waals surface area (Å²) in [5.74, 6) is 1.73. The van der Waals surface area contributed by atoms with Crippen LogP contribution in [0.25, 0.3) is 10.9 Å². The predicted molar refractivity (Wildman–Crippen MR) is 139 cm³/mol. The van der Waals surface area contributed by atoms with E-state index in [1.54, 1.807) is 18.9 Å². The van der Waals surface area contributed by atoms with Crippen LogP contribution in [0.4, 0.5) is 0 Å². The Bertz CT molecular complexity index is 1350. The Labute approximate surface area is 211 Å². The first-order chi connectivity index (χ1) is 17.4. The maximum Gasteiger partial charge on any atom is 0.252 e. The molecule has 1 atom stereocenters. The molecule has 0 aliphatic heterocycles. The second kappa shape index (κ2) is 11.5. The van der Waals surface area contributed by atoms with Gasteiger partial charge in [-0.05, 0) is 64.0 Å². The number of fused-ring (bicyclic) bond motifs is 1. The van der Waals surface area contributed by atoms with Gasteiger partial charge in [-0.25, -0.2) is 4.68 Å². The highest BCUT2D eigenvalue weighted by Crippen LogP contribution is 2.30. The van der Waals surface area contributed by atoms with Crippen molar-refractivity contribution in [1.82, 2.24) is 30.1 Å². The van der Waals surface area contributed by atoms with Crippen LogP contribution in [0, 0.1) is 12.8 Å². The van der Waals surface area contributed by atoms with Crippen molar-refractivity contribution in [3.8, 4) is 5.75 Å². The van der Waals surface area contributed by atoms with E-state index in [9.17, 15) is 4.79 Å². The molecule has 0 radical (unpaired) electrons. The van der Waals surface area contributed by atoms with Gasteiger partial charge in [-0.1, -0.05) is 38.1 Å². The lowest BCUT2D eigenvalue weighted by Gasteiger charge is -2.33. The van der Waals surface area contributed by atoms with Crippen LogP contribution in [-0.4, -0.2) is 50.9 Å². The fraction of sp³-hybridized carbons (Fsp3) is 0.407. The lowest BCUT2D eigenvalue weighted by molar-refractivity contribution is 0.121. The quantitative estimate of drug-likeness (QED) is 0.341. The Morgan fingerprint density at radius 3 is 2.53 bits per heavy atom. The number of nitrogens with one attached hydrogen (secondary N) is 1. The van der Waals surface area contributed by atoms with E-state index in [0.717, 1.165) is 33.6 Å². The number of tetrazole rings is 1. The molecule has 0 amide bonds. The molecule has 0 saturated carbocycles. The molecule has 0 spiro atoms. The average molecular weight is 491 g/mol. The number of pyridine rings is 1. The molecular formula is C27H34N6O3. The highest BCUT2D eigenvalue weighted by Gasteiger charge is 2.30. The van der Waals surface area contributed by atoms with Crippen molar-refractivity contribution in [2.75, 3.05) is 20.8 Å². The van der Waals surface area contributed by atoms with Crippen LogP contribution in [0.3, 0.4) is 0 Å². The van der Waals surface area contributed by atoms with Gasteiger partial charge in [-0.3, -0.25) is 9.69 Å². The van der Waals surface area contributed by atoms with E-state index in [1.165, 1.54) is 0 Å². The number of hydrogen-bond donors (Lipinski definition) is 1. The van der Waals surface area contributed by atoms with Gasteiger partial charge in [-0.2, -0.15) is 0 Å². The molecule has 4 rings (SSSR count). The molecule has 1 N–H and O–H groups in total. The fourth-order valence-electron chi connectivity index (χ4n) is 4.56. The van der Waals surface area contributed by atoms with Crippen LogP contribution < -0.4 is 10.3 Å². The molecule has 190 valence electrons. The van der Waals surface area contributed by atoms with Crippen LogP contribution in [0.1, 0.15) is 42.4 Å². The van der Waals surface area contributed by atoms with Crippen LogP contribution in [0.15, 0.2) is 53.3 Å². The number of aromatic nitrogens is 5. The first kappa shape index (κ1) is 25.5. The van der Waals surface area contributed by atoms with E-state index < -0.39 is 0 Å². The van der Waals surface area contributed by atoms with Gasteiger partial charge in [0.05, 0.1) is 26.3 Å². The molecule has 9 heteroatoms. The molecule has 36 heavy (non-hydrogen) atoms. The van der Waals surface area contributed by atoms with Gasteiger partial charge in [-0.15, -0.1) is 5.10 Å². The first-order valence-corrected chi connectivity index (χ1v) is 12.1. The van der Waals surface area contributed by atoms with E-state index in [1.807, 2.05) is 49.4 Å². The third-order valence-corrected chi connectivity index (χ3v) is 6.35. The maximum absolute atomic E-state index is 13.1. The third-order valence-electron chi connectivity index (χ3n) is 6.35. The average Bonchev–Trinajstić information content (AvgIpc) is 3.31. The van der Waals surface area contributed by atoms with Crippen molar-refractivity contribution < 1.29 is 9.47 Å². The molecule has 0 fully saturated rings. The van der Waals surface area contributed by atoms with E-state index in [4.69, 9.17) is 9.47 Å². The van der Waals surface area contributed by atoms with E-state index in [0.29, 0.717) is 31.8 Å². The summed E-state index contributed by atoms with van der Waals surface area (Å²) in [5.41, 5.74) is 3.66. The molecular weight excluding hydrogens is 456 g/mol. The van der Waals surface area contributed by atoms with E-state index >= 15 is 0 Å². The highest BCUT2D eigenvalue weighted by molar-refractivity contribution is 5.79. The van der Waals surface area contributed by atoms with Gasteiger partial charge in [0.25, 0.3) is 5.56 Å². The number of ether oxygens (including phenoxy) is 2. The summed E-state index contributed by atoms with van der Waals surface area (Å²) >= 11 is 0. The molecule has 4 aromatic rings. The number of benzene rings is 2. The molecule has 0 aliphatic rings. The summed E-state index contributed by atoms with van der Waals surface area (Å²) < 4.78 is 12.4. The number of rotatable bonds is 11. The number of hydrogen-bond acceptors (Lipinski definition) is 7. The molecule has 0 aliphatic carbocycles. The fourth-order valence-corrected chi connectivity index (χ4v) is 4.56. The summed E-state index contributed by atoms with van der Waals surface area (Å²) in [5, 5.41) is 13.6. The minimum absolute atomic E-state index is 0.0886. The summed E-state index contributed by atoms with van der Waals surface area (Å²) in [6.45, 7) is 8.41. The molecule has 0 bridgehead atoms. The van der Waals surface area contributed by atoms with Gasteiger partial charge < -0.3 is 14.5 Å². The molecule has 2 aromatic heterocycles. The van der Waals surface area contributed by atoms with Gasteiger partial charge in [0.2, 0.25) is 0 Å². The van der Waals surface area contributed by atoms with E-state index in [2.05, 4.69) is 45.3 Å². The predicted octanol–water partition coefficient (Wildman–Crippen LogP) is 3.88.